The van der Waals surface area contributed by atoms with Crippen molar-refractivity contribution in [2.24, 2.45) is 11.8 Å². The second-order valence-corrected chi connectivity index (χ2v) is 12.1. The van der Waals surface area contributed by atoms with Crippen LogP contribution in [-0.2, 0) is 0 Å². The van der Waals surface area contributed by atoms with Crippen molar-refractivity contribution in [3.05, 3.63) is 0 Å². The van der Waals surface area contributed by atoms with Gasteiger partial charge in [-0.2, -0.15) is 0 Å². The molecule has 1 nitrogen and oxygen atoms in total. The van der Waals surface area contributed by atoms with E-state index in [-0.39, 0.29) is 0 Å². The molecule has 3 aliphatic carbocycles. The molecule has 0 aromatic carbocycles. The zero-order valence-corrected chi connectivity index (χ0v) is 21.4. The van der Waals surface area contributed by atoms with Gasteiger partial charge in [-0.25, -0.2) is 0 Å². The molecule has 0 aromatic rings. The summed E-state index contributed by atoms with van der Waals surface area (Å²) < 4.78 is 0. The van der Waals surface area contributed by atoms with Crippen molar-refractivity contribution in [1.29, 1.82) is 0 Å². The lowest BCUT2D eigenvalue weighted by Gasteiger charge is -2.41. The fraction of sp³-hybridized carbons (Fsp3) is 1.00. The second kappa shape index (κ2) is 15.0. The lowest BCUT2D eigenvalue weighted by Crippen LogP contribution is -2.52. The molecule has 3 rings (SSSR count). The van der Waals surface area contributed by atoms with Gasteiger partial charge in [-0.3, -0.25) is 0 Å². The molecular formula is C30H57N. The van der Waals surface area contributed by atoms with E-state index in [1.807, 2.05) is 0 Å². The van der Waals surface area contributed by atoms with Crippen molar-refractivity contribution >= 4 is 0 Å². The maximum absolute atomic E-state index is 4.43. The Kier molecular flexibility index (Phi) is 12.4. The second-order valence-electron chi connectivity index (χ2n) is 12.1. The molecule has 2 atom stereocenters. The Morgan fingerprint density at radius 2 is 0.839 bits per heavy atom. The van der Waals surface area contributed by atoms with Gasteiger partial charge < -0.3 is 5.32 Å². The van der Waals surface area contributed by atoms with Crippen molar-refractivity contribution in [2.75, 3.05) is 0 Å². The molecule has 0 aliphatic heterocycles. The first-order valence-electron chi connectivity index (χ1n) is 15.0. The molecule has 3 saturated carbocycles. The number of hydrogen-bond acceptors (Lipinski definition) is 1. The Labute approximate surface area is 196 Å². The molecule has 0 radical (unpaired) electrons. The average Bonchev–Trinajstić information content (AvgIpc) is 3.04. The molecule has 1 N–H and O–H groups in total. The molecule has 31 heavy (non-hydrogen) atoms. The molecule has 3 fully saturated rings. The molecule has 3 aliphatic rings. The van der Waals surface area contributed by atoms with E-state index in [1.165, 1.54) is 161 Å². The summed E-state index contributed by atoms with van der Waals surface area (Å²) in [6, 6.07) is 0.799. The van der Waals surface area contributed by atoms with Crippen LogP contribution in [0.4, 0.5) is 0 Å². The Morgan fingerprint density at radius 1 is 0.452 bits per heavy atom. The Balaban J connectivity index is 1.65. The third-order valence-corrected chi connectivity index (χ3v) is 9.32. The highest BCUT2D eigenvalue weighted by Gasteiger charge is 2.35. The minimum Gasteiger partial charge on any atom is -0.308 e. The molecule has 0 bridgehead atoms. The standard InChI is InChI=1S/C30H57N/c1-30(25-19-12-8-4-5-9-13-20-26-30)31-29-24-18-14-17-23-28(29)27-21-15-10-6-2-3-7-11-16-22-27/h27-29,31H,2-26H2,1H3. The highest BCUT2D eigenvalue weighted by Crippen LogP contribution is 2.38. The van der Waals surface area contributed by atoms with Gasteiger partial charge in [0.25, 0.3) is 0 Å². The van der Waals surface area contributed by atoms with E-state index in [2.05, 4.69) is 12.2 Å². The van der Waals surface area contributed by atoms with Crippen LogP contribution in [0.15, 0.2) is 0 Å². The van der Waals surface area contributed by atoms with E-state index in [0.29, 0.717) is 5.54 Å². The van der Waals surface area contributed by atoms with Gasteiger partial charge in [0.1, 0.15) is 0 Å². The number of hydrogen-bond donors (Lipinski definition) is 1. The van der Waals surface area contributed by atoms with Gasteiger partial charge in [-0.15, -0.1) is 0 Å². The quantitative estimate of drug-likeness (QED) is 0.438. The van der Waals surface area contributed by atoms with Crippen LogP contribution in [0.3, 0.4) is 0 Å². The van der Waals surface area contributed by atoms with Crippen LogP contribution in [0.5, 0.6) is 0 Å². The SMILES string of the molecule is CC1(NC2CCCCCC2C2CCCCCCCCCC2)CCCCCCCCCC1. The van der Waals surface area contributed by atoms with E-state index in [1.54, 1.807) is 0 Å². The third-order valence-electron chi connectivity index (χ3n) is 9.32. The van der Waals surface area contributed by atoms with Gasteiger partial charge in [0.05, 0.1) is 0 Å². The van der Waals surface area contributed by atoms with Crippen molar-refractivity contribution in [3.8, 4) is 0 Å². The van der Waals surface area contributed by atoms with Crippen LogP contribution in [0.1, 0.15) is 167 Å². The van der Waals surface area contributed by atoms with Crippen LogP contribution in [0.2, 0.25) is 0 Å². The van der Waals surface area contributed by atoms with E-state index < -0.39 is 0 Å². The summed E-state index contributed by atoms with van der Waals surface area (Å²) in [5.74, 6) is 1.96. The average molecular weight is 432 g/mol. The molecule has 1 heteroatoms. The zero-order chi connectivity index (χ0) is 21.6. The molecule has 0 spiro atoms. The monoisotopic (exact) mass is 431 g/mol. The minimum atomic E-state index is 0.394. The first-order chi connectivity index (χ1) is 15.3. The van der Waals surface area contributed by atoms with Crippen molar-refractivity contribution in [1.82, 2.24) is 5.32 Å². The molecule has 2 unspecified atom stereocenters. The first-order valence-corrected chi connectivity index (χ1v) is 15.0. The van der Waals surface area contributed by atoms with Crippen LogP contribution in [0.25, 0.3) is 0 Å². The topological polar surface area (TPSA) is 12.0 Å². The molecule has 0 amide bonds. The fourth-order valence-corrected chi connectivity index (χ4v) is 7.33. The lowest BCUT2D eigenvalue weighted by molar-refractivity contribution is 0.155. The van der Waals surface area contributed by atoms with Crippen molar-refractivity contribution < 1.29 is 0 Å². The fourth-order valence-electron chi connectivity index (χ4n) is 7.33. The van der Waals surface area contributed by atoms with Gasteiger partial charge in [0.2, 0.25) is 0 Å². The molecule has 0 saturated heterocycles. The maximum Gasteiger partial charge on any atom is 0.0156 e. The Morgan fingerprint density at radius 3 is 1.39 bits per heavy atom. The van der Waals surface area contributed by atoms with Crippen LogP contribution >= 0.6 is 0 Å². The molecule has 0 aromatic heterocycles. The minimum absolute atomic E-state index is 0.394. The van der Waals surface area contributed by atoms with Gasteiger partial charge in [0.15, 0.2) is 0 Å². The van der Waals surface area contributed by atoms with E-state index >= 15 is 0 Å². The number of nitrogens with one attached hydrogen (secondary N) is 1. The van der Waals surface area contributed by atoms with E-state index in [9.17, 15) is 0 Å². The summed E-state index contributed by atoms with van der Waals surface area (Å²) in [5, 5.41) is 4.43. The van der Waals surface area contributed by atoms with Crippen molar-refractivity contribution in [2.45, 2.75) is 179 Å². The predicted molar refractivity (Wildman–Crippen MR) is 138 cm³/mol. The highest BCUT2D eigenvalue weighted by molar-refractivity contribution is 4.92. The van der Waals surface area contributed by atoms with Crippen LogP contribution in [0, 0.1) is 11.8 Å². The van der Waals surface area contributed by atoms with Gasteiger partial charge in [-0.05, 0) is 44.4 Å². The van der Waals surface area contributed by atoms with Gasteiger partial charge in [0, 0.05) is 11.6 Å². The first kappa shape index (κ1) is 25.6. The molecular weight excluding hydrogens is 374 g/mol. The van der Waals surface area contributed by atoms with Crippen molar-refractivity contribution in [3.63, 3.8) is 0 Å². The summed E-state index contributed by atoms with van der Waals surface area (Å²) in [4.78, 5) is 0. The number of rotatable bonds is 3. The largest absolute Gasteiger partial charge is 0.308 e. The van der Waals surface area contributed by atoms with Gasteiger partial charge in [-0.1, -0.05) is 135 Å². The summed E-state index contributed by atoms with van der Waals surface area (Å²) in [7, 11) is 0. The maximum atomic E-state index is 4.43. The van der Waals surface area contributed by atoms with Gasteiger partial charge >= 0.3 is 0 Å². The smallest absolute Gasteiger partial charge is 0.0156 e. The highest BCUT2D eigenvalue weighted by atomic mass is 15.0. The predicted octanol–water partition coefficient (Wildman–Crippen LogP) is 9.73. The summed E-state index contributed by atoms with van der Waals surface area (Å²) >= 11 is 0. The van der Waals surface area contributed by atoms with Crippen LogP contribution in [-0.4, -0.2) is 11.6 Å². The third kappa shape index (κ3) is 9.77. The Bertz CT molecular complexity index is 420. The normalized spacial score (nSPS) is 31.6. The zero-order valence-electron chi connectivity index (χ0n) is 21.4. The van der Waals surface area contributed by atoms with Crippen LogP contribution < -0.4 is 5.32 Å². The summed E-state index contributed by atoms with van der Waals surface area (Å²) in [5.41, 5.74) is 0.394. The summed E-state index contributed by atoms with van der Waals surface area (Å²) in [6.45, 7) is 2.62. The molecule has 182 valence electrons. The molecule has 0 heterocycles. The Hall–Kier alpha value is -0.0400. The van der Waals surface area contributed by atoms with E-state index in [4.69, 9.17) is 0 Å². The van der Waals surface area contributed by atoms with E-state index in [0.717, 1.165) is 17.9 Å². The summed E-state index contributed by atoms with van der Waals surface area (Å²) in [6.07, 6.45) is 37.1. The lowest BCUT2D eigenvalue weighted by atomic mass is 9.76.